The molecule has 0 aliphatic heterocycles. The van der Waals surface area contributed by atoms with E-state index in [1.165, 1.54) is 0 Å². The number of pyridine rings is 1. The van der Waals surface area contributed by atoms with Gasteiger partial charge in [0.1, 0.15) is 11.5 Å². The van der Waals surface area contributed by atoms with Crippen molar-refractivity contribution in [2.24, 2.45) is 5.73 Å². The summed E-state index contributed by atoms with van der Waals surface area (Å²) in [6.07, 6.45) is 1.66. The van der Waals surface area contributed by atoms with E-state index >= 15 is 0 Å². The maximum absolute atomic E-state index is 6.07. The van der Waals surface area contributed by atoms with Crippen molar-refractivity contribution in [3.05, 3.63) is 53.3 Å². The van der Waals surface area contributed by atoms with Crippen LogP contribution in [0.15, 0.2) is 36.4 Å². The van der Waals surface area contributed by atoms with Gasteiger partial charge in [0.05, 0.1) is 5.69 Å². The smallest absolute Gasteiger partial charge is 0.148 e. The highest BCUT2D eigenvalue weighted by Crippen LogP contribution is 2.28. The highest BCUT2D eigenvalue weighted by Gasteiger charge is 2.09. The Morgan fingerprint density at radius 3 is 2.60 bits per heavy atom. The van der Waals surface area contributed by atoms with Crippen LogP contribution in [0.4, 0.5) is 0 Å². The quantitative estimate of drug-likeness (QED) is 0.902. The fraction of sp³-hybridized carbons (Fsp3) is 0.353. The molecule has 0 spiro atoms. The van der Waals surface area contributed by atoms with Gasteiger partial charge >= 0.3 is 0 Å². The second-order valence-electron chi connectivity index (χ2n) is 5.14. The zero-order valence-corrected chi connectivity index (χ0v) is 12.4. The summed E-state index contributed by atoms with van der Waals surface area (Å²) in [6.45, 7) is 6.08. The second kappa shape index (κ2) is 6.53. The zero-order chi connectivity index (χ0) is 14.5. The maximum atomic E-state index is 6.07. The minimum absolute atomic E-state index is 0.113. The maximum Gasteiger partial charge on any atom is 0.148 e. The van der Waals surface area contributed by atoms with E-state index in [4.69, 9.17) is 10.5 Å². The largest absolute Gasteiger partial charge is 0.455 e. The molecule has 1 atom stereocenters. The monoisotopic (exact) mass is 270 g/mol. The summed E-state index contributed by atoms with van der Waals surface area (Å²) < 4.78 is 6.07. The van der Waals surface area contributed by atoms with Crippen LogP contribution in [0, 0.1) is 6.92 Å². The van der Waals surface area contributed by atoms with Gasteiger partial charge in [0, 0.05) is 11.7 Å². The SMILES string of the molecule is CCc1nc(C)ccc1Oc1ccccc1CC(C)N. The number of rotatable bonds is 5. The molecule has 0 bridgehead atoms. The lowest BCUT2D eigenvalue weighted by Crippen LogP contribution is -2.18. The second-order valence-corrected chi connectivity index (χ2v) is 5.14. The van der Waals surface area contributed by atoms with Crippen LogP contribution < -0.4 is 10.5 Å². The molecular formula is C17H22N2O. The van der Waals surface area contributed by atoms with Crippen LogP contribution in [0.2, 0.25) is 0 Å². The summed E-state index contributed by atoms with van der Waals surface area (Å²) >= 11 is 0. The first-order chi connectivity index (χ1) is 9.60. The molecule has 0 radical (unpaired) electrons. The first-order valence-corrected chi connectivity index (χ1v) is 7.08. The highest BCUT2D eigenvalue weighted by atomic mass is 16.5. The third-order valence-corrected chi connectivity index (χ3v) is 3.14. The number of para-hydroxylation sites is 1. The molecule has 1 heterocycles. The van der Waals surface area contributed by atoms with E-state index in [-0.39, 0.29) is 6.04 Å². The molecule has 2 aromatic rings. The molecule has 0 aliphatic carbocycles. The third kappa shape index (κ3) is 3.58. The molecular weight excluding hydrogens is 248 g/mol. The van der Waals surface area contributed by atoms with Crippen molar-refractivity contribution in [1.82, 2.24) is 4.98 Å². The number of ether oxygens (including phenoxy) is 1. The van der Waals surface area contributed by atoms with Gasteiger partial charge in [-0.3, -0.25) is 4.98 Å². The van der Waals surface area contributed by atoms with Crippen LogP contribution in [0.1, 0.15) is 30.8 Å². The summed E-state index contributed by atoms with van der Waals surface area (Å²) in [4.78, 5) is 4.53. The molecule has 2 rings (SSSR count). The number of aromatic nitrogens is 1. The van der Waals surface area contributed by atoms with E-state index in [1.54, 1.807) is 0 Å². The third-order valence-electron chi connectivity index (χ3n) is 3.14. The summed E-state index contributed by atoms with van der Waals surface area (Å²) in [5.74, 6) is 1.69. The lowest BCUT2D eigenvalue weighted by Gasteiger charge is -2.14. The van der Waals surface area contributed by atoms with E-state index in [1.807, 2.05) is 44.2 Å². The Labute approximate surface area is 120 Å². The van der Waals surface area contributed by atoms with Crippen molar-refractivity contribution in [2.45, 2.75) is 39.7 Å². The van der Waals surface area contributed by atoms with Crippen molar-refractivity contribution < 1.29 is 4.74 Å². The van der Waals surface area contributed by atoms with Gasteiger partial charge in [-0.2, -0.15) is 0 Å². The van der Waals surface area contributed by atoms with E-state index in [2.05, 4.69) is 18.0 Å². The Hall–Kier alpha value is -1.87. The predicted octanol–water partition coefficient (Wildman–Crippen LogP) is 3.63. The van der Waals surface area contributed by atoms with E-state index in [0.29, 0.717) is 0 Å². The molecule has 2 N–H and O–H groups in total. The highest BCUT2D eigenvalue weighted by molar-refractivity contribution is 5.40. The first-order valence-electron chi connectivity index (χ1n) is 7.08. The minimum atomic E-state index is 0.113. The molecule has 3 heteroatoms. The van der Waals surface area contributed by atoms with Gasteiger partial charge in [-0.25, -0.2) is 0 Å². The van der Waals surface area contributed by atoms with Gasteiger partial charge in [0.25, 0.3) is 0 Å². The lowest BCUT2D eigenvalue weighted by molar-refractivity contribution is 0.464. The summed E-state index contributed by atoms with van der Waals surface area (Å²) in [6, 6.07) is 12.1. The summed E-state index contributed by atoms with van der Waals surface area (Å²) in [7, 11) is 0. The van der Waals surface area contributed by atoms with Crippen molar-refractivity contribution in [3.8, 4) is 11.5 Å². The normalized spacial score (nSPS) is 12.2. The lowest BCUT2D eigenvalue weighted by atomic mass is 10.1. The number of nitrogens with zero attached hydrogens (tertiary/aromatic N) is 1. The average molecular weight is 270 g/mol. The molecule has 0 amide bonds. The Bertz CT molecular complexity index is 579. The van der Waals surface area contributed by atoms with Gasteiger partial charge in [0.15, 0.2) is 0 Å². The molecule has 0 aliphatic rings. The Morgan fingerprint density at radius 1 is 1.15 bits per heavy atom. The Morgan fingerprint density at radius 2 is 1.90 bits per heavy atom. The number of hydrogen-bond donors (Lipinski definition) is 1. The van der Waals surface area contributed by atoms with Crippen LogP contribution in [0.5, 0.6) is 11.5 Å². The van der Waals surface area contributed by atoms with Crippen molar-refractivity contribution in [1.29, 1.82) is 0 Å². The summed E-state index contributed by atoms with van der Waals surface area (Å²) in [5.41, 5.74) is 9.02. The number of hydrogen-bond acceptors (Lipinski definition) is 3. The number of aryl methyl sites for hydroxylation is 2. The van der Waals surface area contributed by atoms with Crippen LogP contribution in [0.25, 0.3) is 0 Å². The fourth-order valence-electron chi connectivity index (χ4n) is 2.18. The van der Waals surface area contributed by atoms with Gasteiger partial charge in [-0.05, 0) is 50.5 Å². The topological polar surface area (TPSA) is 48.1 Å². The standard InChI is InChI=1S/C17H22N2O/c1-4-15-17(10-9-13(3)19-15)20-16-8-6-5-7-14(16)11-12(2)18/h5-10,12H,4,11,18H2,1-3H3. The first kappa shape index (κ1) is 14.5. The summed E-state index contributed by atoms with van der Waals surface area (Å²) in [5, 5.41) is 0. The van der Waals surface area contributed by atoms with Crippen LogP contribution in [-0.4, -0.2) is 11.0 Å². The van der Waals surface area contributed by atoms with E-state index in [9.17, 15) is 0 Å². The molecule has 3 nitrogen and oxygen atoms in total. The van der Waals surface area contributed by atoms with Crippen LogP contribution in [0.3, 0.4) is 0 Å². The minimum Gasteiger partial charge on any atom is -0.455 e. The van der Waals surface area contributed by atoms with Crippen LogP contribution >= 0.6 is 0 Å². The Kier molecular flexibility index (Phi) is 4.74. The molecule has 0 saturated carbocycles. The molecule has 106 valence electrons. The van der Waals surface area contributed by atoms with Gasteiger partial charge in [-0.15, -0.1) is 0 Å². The predicted molar refractivity (Wildman–Crippen MR) is 82.2 cm³/mol. The number of benzene rings is 1. The van der Waals surface area contributed by atoms with Gasteiger partial charge in [-0.1, -0.05) is 25.1 Å². The average Bonchev–Trinajstić information content (AvgIpc) is 2.42. The van der Waals surface area contributed by atoms with Crippen LogP contribution in [-0.2, 0) is 12.8 Å². The molecule has 1 unspecified atom stereocenters. The van der Waals surface area contributed by atoms with E-state index in [0.717, 1.165) is 41.3 Å². The fourth-order valence-corrected chi connectivity index (χ4v) is 2.18. The molecule has 0 fully saturated rings. The van der Waals surface area contributed by atoms with Gasteiger partial charge in [0.2, 0.25) is 0 Å². The van der Waals surface area contributed by atoms with Crippen molar-refractivity contribution >= 4 is 0 Å². The van der Waals surface area contributed by atoms with E-state index < -0.39 is 0 Å². The molecule has 1 aromatic carbocycles. The number of nitrogens with two attached hydrogens (primary N) is 1. The zero-order valence-electron chi connectivity index (χ0n) is 12.4. The van der Waals surface area contributed by atoms with Gasteiger partial charge < -0.3 is 10.5 Å². The molecule has 20 heavy (non-hydrogen) atoms. The Balaban J connectivity index is 2.30. The molecule has 0 saturated heterocycles. The van der Waals surface area contributed by atoms with Crippen molar-refractivity contribution in [3.63, 3.8) is 0 Å². The molecule has 1 aromatic heterocycles. The van der Waals surface area contributed by atoms with Crippen molar-refractivity contribution in [2.75, 3.05) is 0 Å².